The zero-order valence-corrected chi connectivity index (χ0v) is 12.7. The molecule has 1 aromatic rings. The summed E-state index contributed by atoms with van der Waals surface area (Å²) < 4.78 is 0. The van der Waals surface area contributed by atoms with Crippen LogP contribution >= 0.6 is 0 Å². The minimum absolute atomic E-state index is 0.146. The van der Waals surface area contributed by atoms with Crippen molar-refractivity contribution in [3.05, 3.63) is 24.5 Å². The van der Waals surface area contributed by atoms with Crippen LogP contribution in [0.2, 0.25) is 0 Å². The molecule has 0 atom stereocenters. The van der Waals surface area contributed by atoms with Crippen LogP contribution < -0.4 is 10.2 Å². The molecular formula is C16H25N3O. The summed E-state index contributed by atoms with van der Waals surface area (Å²) in [6, 6.07) is 4.08. The first-order chi connectivity index (χ1) is 9.47. The van der Waals surface area contributed by atoms with Gasteiger partial charge in [0.05, 0.1) is 11.9 Å². The zero-order valence-electron chi connectivity index (χ0n) is 12.7. The van der Waals surface area contributed by atoms with Crippen molar-refractivity contribution in [3.8, 4) is 0 Å². The largest absolute Gasteiger partial charge is 0.370 e. The second kappa shape index (κ2) is 6.25. The molecule has 1 aliphatic rings. The molecule has 2 rings (SSSR count). The van der Waals surface area contributed by atoms with E-state index in [1.807, 2.05) is 33.0 Å². The van der Waals surface area contributed by atoms with E-state index in [9.17, 15) is 4.79 Å². The van der Waals surface area contributed by atoms with E-state index in [0.29, 0.717) is 5.92 Å². The Bertz CT molecular complexity index is 431. The molecule has 1 aromatic heterocycles. The number of piperidine rings is 1. The highest BCUT2D eigenvalue weighted by atomic mass is 16.2. The summed E-state index contributed by atoms with van der Waals surface area (Å²) in [6.07, 6.45) is 5.97. The number of pyridine rings is 1. The van der Waals surface area contributed by atoms with Crippen LogP contribution in [0.4, 0.5) is 5.69 Å². The van der Waals surface area contributed by atoms with Gasteiger partial charge in [-0.05, 0) is 30.9 Å². The van der Waals surface area contributed by atoms with Crippen LogP contribution in [-0.4, -0.2) is 30.5 Å². The van der Waals surface area contributed by atoms with Crippen molar-refractivity contribution in [2.75, 3.05) is 24.5 Å². The molecular weight excluding hydrogens is 250 g/mol. The predicted molar refractivity (Wildman–Crippen MR) is 81.6 cm³/mol. The van der Waals surface area contributed by atoms with Gasteiger partial charge in [-0.2, -0.15) is 0 Å². The standard InChI is InChI=1S/C16H25N3O/c1-16(2,3)15(20)18-11-13-6-9-19(10-7-13)14-5-4-8-17-12-14/h4-5,8,12-13H,6-7,9-11H2,1-3H3,(H,18,20). The Morgan fingerprint density at radius 1 is 1.40 bits per heavy atom. The summed E-state index contributed by atoms with van der Waals surface area (Å²) >= 11 is 0. The Morgan fingerprint density at radius 2 is 2.10 bits per heavy atom. The molecule has 4 nitrogen and oxygen atoms in total. The van der Waals surface area contributed by atoms with Gasteiger partial charge >= 0.3 is 0 Å². The van der Waals surface area contributed by atoms with E-state index in [4.69, 9.17) is 0 Å². The quantitative estimate of drug-likeness (QED) is 0.921. The number of nitrogens with one attached hydrogen (secondary N) is 1. The van der Waals surface area contributed by atoms with E-state index in [0.717, 1.165) is 32.5 Å². The second-order valence-corrected chi connectivity index (χ2v) is 6.60. The smallest absolute Gasteiger partial charge is 0.225 e. The van der Waals surface area contributed by atoms with E-state index >= 15 is 0 Å². The topological polar surface area (TPSA) is 45.2 Å². The van der Waals surface area contributed by atoms with Crippen molar-refractivity contribution in [2.45, 2.75) is 33.6 Å². The molecule has 0 saturated carbocycles. The number of rotatable bonds is 3. The first-order valence-electron chi connectivity index (χ1n) is 7.40. The summed E-state index contributed by atoms with van der Waals surface area (Å²) in [7, 11) is 0. The lowest BCUT2D eigenvalue weighted by Gasteiger charge is -2.33. The third kappa shape index (κ3) is 3.95. The molecule has 0 aliphatic carbocycles. The van der Waals surface area contributed by atoms with Gasteiger partial charge < -0.3 is 10.2 Å². The van der Waals surface area contributed by atoms with E-state index in [2.05, 4.69) is 21.3 Å². The van der Waals surface area contributed by atoms with Crippen LogP contribution in [-0.2, 0) is 4.79 Å². The van der Waals surface area contributed by atoms with Gasteiger partial charge in [0, 0.05) is 31.2 Å². The van der Waals surface area contributed by atoms with Crippen molar-refractivity contribution in [2.24, 2.45) is 11.3 Å². The molecule has 1 saturated heterocycles. The number of hydrogen-bond donors (Lipinski definition) is 1. The summed E-state index contributed by atoms with van der Waals surface area (Å²) in [6.45, 7) is 8.74. The van der Waals surface area contributed by atoms with E-state index in [1.165, 1.54) is 5.69 Å². The Morgan fingerprint density at radius 3 is 2.65 bits per heavy atom. The van der Waals surface area contributed by atoms with Crippen LogP contribution in [0, 0.1) is 11.3 Å². The van der Waals surface area contributed by atoms with Gasteiger partial charge in [0.2, 0.25) is 5.91 Å². The maximum atomic E-state index is 11.9. The number of aromatic nitrogens is 1. The highest BCUT2D eigenvalue weighted by Gasteiger charge is 2.24. The number of nitrogens with zero attached hydrogens (tertiary/aromatic N) is 2. The molecule has 2 heterocycles. The molecule has 4 heteroatoms. The SMILES string of the molecule is CC(C)(C)C(=O)NCC1CCN(c2cccnc2)CC1. The Kier molecular flexibility index (Phi) is 4.63. The van der Waals surface area contributed by atoms with Gasteiger partial charge in [-0.3, -0.25) is 9.78 Å². The van der Waals surface area contributed by atoms with Crippen molar-refractivity contribution in [1.82, 2.24) is 10.3 Å². The summed E-state index contributed by atoms with van der Waals surface area (Å²) in [5, 5.41) is 3.08. The Labute approximate surface area is 121 Å². The lowest BCUT2D eigenvalue weighted by molar-refractivity contribution is -0.128. The molecule has 1 N–H and O–H groups in total. The van der Waals surface area contributed by atoms with Crippen LogP contribution in [0.1, 0.15) is 33.6 Å². The first-order valence-corrected chi connectivity index (χ1v) is 7.40. The van der Waals surface area contributed by atoms with Gasteiger partial charge in [0.15, 0.2) is 0 Å². The molecule has 0 unspecified atom stereocenters. The fourth-order valence-electron chi connectivity index (χ4n) is 2.44. The van der Waals surface area contributed by atoms with E-state index in [-0.39, 0.29) is 11.3 Å². The van der Waals surface area contributed by atoms with Crippen LogP contribution in [0.5, 0.6) is 0 Å². The second-order valence-electron chi connectivity index (χ2n) is 6.60. The molecule has 0 radical (unpaired) electrons. The van der Waals surface area contributed by atoms with Crippen molar-refractivity contribution in [3.63, 3.8) is 0 Å². The molecule has 1 aliphatic heterocycles. The van der Waals surface area contributed by atoms with Gasteiger partial charge in [-0.1, -0.05) is 20.8 Å². The number of carbonyl (C=O) groups excluding carboxylic acids is 1. The highest BCUT2D eigenvalue weighted by molar-refractivity contribution is 5.81. The molecule has 1 fully saturated rings. The summed E-state index contributed by atoms with van der Waals surface area (Å²) in [5.74, 6) is 0.737. The molecule has 1 amide bonds. The highest BCUT2D eigenvalue weighted by Crippen LogP contribution is 2.22. The normalized spacial score (nSPS) is 17.1. The molecule has 20 heavy (non-hydrogen) atoms. The van der Waals surface area contributed by atoms with Crippen molar-refractivity contribution >= 4 is 11.6 Å². The third-order valence-corrected chi connectivity index (χ3v) is 3.86. The molecule has 0 aromatic carbocycles. The first kappa shape index (κ1) is 14.8. The lowest BCUT2D eigenvalue weighted by Crippen LogP contribution is -2.41. The van der Waals surface area contributed by atoms with Crippen LogP contribution in [0.25, 0.3) is 0 Å². The molecule has 0 bridgehead atoms. The Balaban J connectivity index is 1.76. The Hall–Kier alpha value is -1.58. The molecule has 110 valence electrons. The number of anilines is 1. The minimum atomic E-state index is -0.295. The van der Waals surface area contributed by atoms with E-state index in [1.54, 1.807) is 6.20 Å². The number of carbonyl (C=O) groups is 1. The molecule has 0 spiro atoms. The fraction of sp³-hybridized carbons (Fsp3) is 0.625. The third-order valence-electron chi connectivity index (χ3n) is 3.86. The van der Waals surface area contributed by atoms with Gasteiger partial charge in [-0.25, -0.2) is 0 Å². The fourth-order valence-corrected chi connectivity index (χ4v) is 2.44. The van der Waals surface area contributed by atoms with E-state index < -0.39 is 0 Å². The summed E-state index contributed by atoms with van der Waals surface area (Å²) in [4.78, 5) is 18.4. The monoisotopic (exact) mass is 275 g/mol. The van der Waals surface area contributed by atoms with Gasteiger partial charge in [-0.15, -0.1) is 0 Å². The average molecular weight is 275 g/mol. The van der Waals surface area contributed by atoms with Gasteiger partial charge in [0.25, 0.3) is 0 Å². The van der Waals surface area contributed by atoms with Crippen LogP contribution in [0.3, 0.4) is 0 Å². The predicted octanol–water partition coefficient (Wildman–Crippen LogP) is 2.46. The zero-order chi connectivity index (χ0) is 14.6. The van der Waals surface area contributed by atoms with Crippen molar-refractivity contribution < 1.29 is 4.79 Å². The number of hydrogen-bond acceptors (Lipinski definition) is 3. The minimum Gasteiger partial charge on any atom is -0.370 e. The van der Waals surface area contributed by atoms with Crippen LogP contribution in [0.15, 0.2) is 24.5 Å². The maximum absolute atomic E-state index is 11.9. The summed E-state index contributed by atoms with van der Waals surface area (Å²) in [5.41, 5.74) is 0.904. The maximum Gasteiger partial charge on any atom is 0.225 e. The average Bonchev–Trinajstić information content (AvgIpc) is 2.45. The lowest BCUT2D eigenvalue weighted by atomic mass is 9.93. The number of amides is 1. The van der Waals surface area contributed by atoms with Crippen molar-refractivity contribution in [1.29, 1.82) is 0 Å². The van der Waals surface area contributed by atoms with Gasteiger partial charge in [0.1, 0.15) is 0 Å².